The molecule has 0 atom stereocenters. The van der Waals surface area contributed by atoms with Crippen molar-refractivity contribution in [2.75, 3.05) is 39.6 Å². The fourth-order valence-electron chi connectivity index (χ4n) is 2.57. The van der Waals surface area contributed by atoms with Gasteiger partial charge in [0.25, 0.3) is 11.8 Å². The fourth-order valence-corrected chi connectivity index (χ4v) is 2.57. The van der Waals surface area contributed by atoms with Crippen molar-refractivity contribution in [2.24, 2.45) is 0 Å². The van der Waals surface area contributed by atoms with Gasteiger partial charge in [0, 0.05) is 12.4 Å². The lowest BCUT2D eigenvalue weighted by atomic mass is 10.1. The minimum atomic E-state index is -0.265. The van der Waals surface area contributed by atoms with Gasteiger partial charge in [0.05, 0.1) is 44.1 Å². The van der Waals surface area contributed by atoms with Gasteiger partial charge in [-0.3, -0.25) is 19.5 Å². The molecule has 2 amide bonds. The zero-order chi connectivity index (χ0) is 18.2. The molecule has 2 heterocycles. The van der Waals surface area contributed by atoms with E-state index in [2.05, 4.69) is 4.98 Å². The lowest BCUT2D eigenvalue weighted by Crippen LogP contribution is -2.33. The summed E-state index contributed by atoms with van der Waals surface area (Å²) in [5.74, 6) is 0.221. The van der Waals surface area contributed by atoms with Gasteiger partial charge in [-0.25, -0.2) is 0 Å². The summed E-state index contributed by atoms with van der Waals surface area (Å²) in [4.78, 5) is 29.5. The lowest BCUT2D eigenvalue weighted by molar-refractivity contribution is 0.0282. The van der Waals surface area contributed by atoms with E-state index in [0.717, 1.165) is 5.75 Å². The van der Waals surface area contributed by atoms with Crippen LogP contribution < -0.4 is 4.74 Å². The standard InChI is InChI=1S/C19H20N2O5/c22-18-16-3-1-2-4-17(16)19(23)21(18)9-10-24-11-12-25-13-14-26-15-5-7-20-8-6-15/h1-8H,9-14H2. The molecule has 7 heteroatoms. The van der Waals surface area contributed by atoms with Gasteiger partial charge in [0.1, 0.15) is 12.4 Å². The molecule has 136 valence electrons. The van der Waals surface area contributed by atoms with E-state index >= 15 is 0 Å². The summed E-state index contributed by atoms with van der Waals surface area (Å²) >= 11 is 0. The van der Waals surface area contributed by atoms with Gasteiger partial charge < -0.3 is 14.2 Å². The Labute approximate surface area is 151 Å². The molecule has 0 saturated heterocycles. The SMILES string of the molecule is O=C1c2ccccc2C(=O)N1CCOCCOCCOc1ccncc1. The van der Waals surface area contributed by atoms with Crippen LogP contribution in [0.1, 0.15) is 20.7 Å². The van der Waals surface area contributed by atoms with Crippen LogP contribution in [0.5, 0.6) is 5.75 Å². The maximum atomic E-state index is 12.2. The molecule has 2 aromatic rings. The Morgan fingerprint density at radius 2 is 1.35 bits per heavy atom. The highest BCUT2D eigenvalue weighted by atomic mass is 16.5. The van der Waals surface area contributed by atoms with Crippen molar-refractivity contribution in [3.05, 3.63) is 59.9 Å². The summed E-state index contributed by atoms with van der Waals surface area (Å²) in [6.07, 6.45) is 3.33. The minimum absolute atomic E-state index is 0.234. The van der Waals surface area contributed by atoms with Crippen LogP contribution in [0.4, 0.5) is 0 Å². The van der Waals surface area contributed by atoms with Crippen LogP contribution in [0.25, 0.3) is 0 Å². The average Bonchev–Trinajstić information content (AvgIpc) is 2.92. The van der Waals surface area contributed by atoms with Crippen molar-refractivity contribution >= 4 is 11.8 Å². The number of amides is 2. The smallest absolute Gasteiger partial charge is 0.261 e. The van der Waals surface area contributed by atoms with E-state index in [0.29, 0.717) is 37.6 Å². The number of carbonyl (C=O) groups is 2. The number of carbonyl (C=O) groups excluding carboxylic acids is 2. The van der Waals surface area contributed by atoms with Gasteiger partial charge in [-0.2, -0.15) is 0 Å². The molecule has 1 aromatic heterocycles. The third kappa shape index (κ3) is 4.44. The van der Waals surface area contributed by atoms with Crippen molar-refractivity contribution in [1.82, 2.24) is 9.88 Å². The Hall–Kier alpha value is -2.77. The zero-order valence-corrected chi connectivity index (χ0v) is 14.3. The van der Waals surface area contributed by atoms with E-state index in [4.69, 9.17) is 14.2 Å². The molecule has 0 fully saturated rings. The first-order chi connectivity index (χ1) is 12.8. The Balaban J connectivity index is 1.25. The molecule has 1 aliphatic heterocycles. The van der Waals surface area contributed by atoms with E-state index in [1.165, 1.54) is 4.90 Å². The number of hydrogen-bond acceptors (Lipinski definition) is 6. The maximum Gasteiger partial charge on any atom is 0.261 e. The summed E-state index contributed by atoms with van der Waals surface area (Å²) < 4.78 is 16.3. The number of benzene rings is 1. The van der Waals surface area contributed by atoms with Crippen LogP contribution in [0.2, 0.25) is 0 Å². The topological polar surface area (TPSA) is 78.0 Å². The monoisotopic (exact) mass is 356 g/mol. The minimum Gasteiger partial charge on any atom is -0.491 e. The second-order valence-corrected chi connectivity index (χ2v) is 5.56. The van der Waals surface area contributed by atoms with Crippen molar-refractivity contribution in [3.63, 3.8) is 0 Å². The Bertz CT molecular complexity index is 716. The van der Waals surface area contributed by atoms with E-state index in [1.807, 2.05) is 0 Å². The second kappa shape index (κ2) is 9.07. The molecule has 7 nitrogen and oxygen atoms in total. The van der Waals surface area contributed by atoms with Gasteiger partial charge in [0.2, 0.25) is 0 Å². The first kappa shape index (κ1) is 18.0. The number of rotatable bonds is 10. The zero-order valence-electron chi connectivity index (χ0n) is 14.3. The molecule has 26 heavy (non-hydrogen) atoms. The van der Waals surface area contributed by atoms with Crippen LogP contribution in [-0.2, 0) is 9.47 Å². The third-order valence-corrected chi connectivity index (χ3v) is 3.86. The second-order valence-electron chi connectivity index (χ2n) is 5.56. The van der Waals surface area contributed by atoms with E-state index in [-0.39, 0.29) is 25.0 Å². The normalized spacial score (nSPS) is 13.2. The number of nitrogens with zero attached hydrogens (tertiary/aromatic N) is 2. The highest BCUT2D eigenvalue weighted by Gasteiger charge is 2.34. The molecular weight excluding hydrogens is 336 g/mol. The van der Waals surface area contributed by atoms with Crippen LogP contribution in [0.15, 0.2) is 48.8 Å². The molecule has 0 N–H and O–H groups in total. The number of aromatic nitrogens is 1. The highest BCUT2D eigenvalue weighted by Crippen LogP contribution is 2.21. The summed E-state index contributed by atoms with van der Waals surface area (Å²) in [7, 11) is 0. The summed E-state index contributed by atoms with van der Waals surface area (Å²) in [6.45, 7) is 2.21. The summed E-state index contributed by atoms with van der Waals surface area (Å²) in [5, 5.41) is 0. The number of imide groups is 1. The number of fused-ring (bicyclic) bond motifs is 1. The maximum absolute atomic E-state index is 12.2. The van der Waals surface area contributed by atoms with Gasteiger partial charge in [0.15, 0.2) is 0 Å². The predicted molar refractivity (Wildman–Crippen MR) is 93.2 cm³/mol. The lowest BCUT2D eigenvalue weighted by Gasteiger charge is -2.13. The molecule has 1 aliphatic rings. The number of hydrogen-bond donors (Lipinski definition) is 0. The predicted octanol–water partition coefficient (Wildman–Crippen LogP) is 1.79. The van der Waals surface area contributed by atoms with Crippen LogP contribution in [-0.4, -0.2) is 61.3 Å². The Morgan fingerprint density at radius 3 is 2.00 bits per heavy atom. The molecule has 0 radical (unpaired) electrons. The Kier molecular flexibility index (Phi) is 6.29. The first-order valence-electron chi connectivity index (χ1n) is 8.41. The van der Waals surface area contributed by atoms with E-state index < -0.39 is 0 Å². The molecule has 0 spiro atoms. The van der Waals surface area contributed by atoms with Crippen molar-refractivity contribution in [3.8, 4) is 5.75 Å². The van der Waals surface area contributed by atoms with Gasteiger partial charge in [-0.1, -0.05) is 12.1 Å². The van der Waals surface area contributed by atoms with Crippen LogP contribution >= 0.6 is 0 Å². The molecule has 0 saturated carbocycles. The molecular formula is C19H20N2O5. The van der Waals surface area contributed by atoms with Crippen molar-refractivity contribution < 1.29 is 23.8 Å². The largest absolute Gasteiger partial charge is 0.491 e. The van der Waals surface area contributed by atoms with Gasteiger partial charge in [-0.15, -0.1) is 0 Å². The third-order valence-electron chi connectivity index (χ3n) is 3.86. The molecule has 1 aromatic carbocycles. The van der Waals surface area contributed by atoms with E-state index in [1.54, 1.807) is 48.8 Å². The van der Waals surface area contributed by atoms with Gasteiger partial charge in [-0.05, 0) is 24.3 Å². The molecule has 0 unspecified atom stereocenters. The summed E-state index contributed by atoms with van der Waals surface area (Å²) in [6, 6.07) is 10.4. The van der Waals surface area contributed by atoms with Gasteiger partial charge >= 0.3 is 0 Å². The molecule has 0 bridgehead atoms. The van der Waals surface area contributed by atoms with E-state index in [9.17, 15) is 9.59 Å². The van der Waals surface area contributed by atoms with Crippen LogP contribution in [0.3, 0.4) is 0 Å². The highest BCUT2D eigenvalue weighted by molar-refractivity contribution is 6.21. The Morgan fingerprint density at radius 1 is 0.769 bits per heavy atom. The molecule has 3 rings (SSSR count). The van der Waals surface area contributed by atoms with Crippen molar-refractivity contribution in [1.29, 1.82) is 0 Å². The fraction of sp³-hybridized carbons (Fsp3) is 0.316. The molecule has 0 aliphatic carbocycles. The quantitative estimate of drug-likeness (QED) is 0.477. The number of ether oxygens (including phenoxy) is 3. The first-order valence-corrected chi connectivity index (χ1v) is 8.41. The summed E-state index contributed by atoms with van der Waals surface area (Å²) in [5.41, 5.74) is 0.907. The number of pyridine rings is 1. The average molecular weight is 356 g/mol. The van der Waals surface area contributed by atoms with Crippen LogP contribution in [0, 0.1) is 0 Å². The van der Waals surface area contributed by atoms with Crippen molar-refractivity contribution in [2.45, 2.75) is 0 Å².